The fraction of sp³-hybridized carbons (Fsp3) is 0.632. The molecule has 0 bridgehead atoms. The van der Waals surface area contributed by atoms with Crippen molar-refractivity contribution in [1.29, 1.82) is 0 Å². The summed E-state index contributed by atoms with van der Waals surface area (Å²) in [6.45, 7) is 4.46. The molecule has 0 unspecified atom stereocenters. The third-order valence-electron chi connectivity index (χ3n) is 6.56. The maximum absolute atomic E-state index is 10.3. The molecule has 0 fully saturated rings. The molecule has 240 valence electrons. The van der Waals surface area contributed by atoms with E-state index >= 15 is 0 Å². The predicted octanol–water partition coefficient (Wildman–Crippen LogP) is 12.1. The fourth-order valence-corrected chi connectivity index (χ4v) is 4.01. The van der Waals surface area contributed by atoms with Gasteiger partial charge in [-0.25, -0.2) is 0 Å². The molecule has 4 heteroatoms. The fourth-order valence-electron chi connectivity index (χ4n) is 4.01. The van der Waals surface area contributed by atoms with Gasteiger partial charge in [0.05, 0.1) is 0 Å². The minimum absolute atomic E-state index is 0.290. The normalized spacial score (nSPS) is 12.0. The van der Waals surface area contributed by atoms with E-state index in [9.17, 15) is 9.59 Å². The quantitative estimate of drug-likeness (QED) is 0.0708. The van der Waals surface area contributed by atoms with E-state index in [2.05, 4.69) is 86.8 Å². The molecular formula is C38H64O4. The first-order valence-electron chi connectivity index (χ1n) is 16.9. The number of aliphatic carboxylic acids is 2. The zero-order valence-electron chi connectivity index (χ0n) is 27.2. The second-order valence-corrected chi connectivity index (χ2v) is 10.7. The van der Waals surface area contributed by atoms with Gasteiger partial charge in [0.25, 0.3) is 0 Å². The van der Waals surface area contributed by atoms with Crippen LogP contribution >= 0.6 is 0 Å². The highest BCUT2D eigenvalue weighted by molar-refractivity contribution is 5.66. The molecule has 0 spiro atoms. The van der Waals surface area contributed by atoms with Crippen molar-refractivity contribution in [1.82, 2.24) is 0 Å². The number of unbranched alkanes of at least 4 members (excludes halogenated alkanes) is 12. The van der Waals surface area contributed by atoms with Crippen LogP contribution in [0.4, 0.5) is 0 Å². The van der Waals surface area contributed by atoms with Crippen LogP contribution in [-0.2, 0) is 9.59 Å². The number of rotatable bonds is 28. The lowest BCUT2D eigenvalue weighted by Crippen LogP contribution is -1.93. The van der Waals surface area contributed by atoms with Crippen LogP contribution in [0.2, 0.25) is 0 Å². The standard InChI is InChI=1S/C20H34O2.C18H30O2/c1-2-3-4-5-6-7-8-9-10-11-12-13-14-15-16-17-18-19-20(21)22;1-2-3-4-5-6-7-8-9-10-11-12-13-14-15-16-17-18(19)20/h6-7,9-10,12-13H,2-5,8,11,14-19H2,1H3,(H,21,22);6-7,9-10,12-13H,2-5,8,11,14-17H2,1H3,(H,19,20)/b2*7-6-,10-9-,13-12-. The maximum Gasteiger partial charge on any atom is 0.303 e. The van der Waals surface area contributed by atoms with Gasteiger partial charge in [0.15, 0.2) is 0 Å². The zero-order valence-corrected chi connectivity index (χ0v) is 27.2. The number of hydrogen-bond acceptors (Lipinski definition) is 2. The molecule has 0 amide bonds. The molecule has 0 aliphatic rings. The van der Waals surface area contributed by atoms with Crippen molar-refractivity contribution in [2.45, 2.75) is 155 Å². The topological polar surface area (TPSA) is 74.6 Å². The molecule has 0 rings (SSSR count). The van der Waals surface area contributed by atoms with E-state index in [1.54, 1.807) is 0 Å². The lowest BCUT2D eigenvalue weighted by Gasteiger charge is -1.96. The molecule has 2 N–H and O–H groups in total. The van der Waals surface area contributed by atoms with Gasteiger partial charge in [0.1, 0.15) is 0 Å². The van der Waals surface area contributed by atoms with Gasteiger partial charge in [-0.3, -0.25) is 9.59 Å². The Morgan fingerprint density at radius 1 is 0.381 bits per heavy atom. The van der Waals surface area contributed by atoms with Gasteiger partial charge < -0.3 is 10.2 Å². The van der Waals surface area contributed by atoms with Crippen LogP contribution in [0.25, 0.3) is 0 Å². The van der Waals surface area contributed by atoms with Crippen LogP contribution in [0.5, 0.6) is 0 Å². The van der Waals surface area contributed by atoms with E-state index in [-0.39, 0.29) is 0 Å². The Hall–Kier alpha value is -2.62. The van der Waals surface area contributed by atoms with Gasteiger partial charge in [-0.1, -0.05) is 125 Å². The van der Waals surface area contributed by atoms with Crippen molar-refractivity contribution in [3.05, 3.63) is 72.9 Å². The van der Waals surface area contributed by atoms with Crippen LogP contribution in [-0.4, -0.2) is 22.2 Å². The molecule has 42 heavy (non-hydrogen) atoms. The summed E-state index contributed by atoms with van der Waals surface area (Å²) in [5.74, 6) is -1.37. The summed E-state index contributed by atoms with van der Waals surface area (Å²) in [7, 11) is 0. The third kappa shape index (κ3) is 44.4. The van der Waals surface area contributed by atoms with Crippen molar-refractivity contribution >= 4 is 11.9 Å². The highest BCUT2D eigenvalue weighted by Gasteiger charge is 1.95. The highest BCUT2D eigenvalue weighted by atomic mass is 16.4. The lowest BCUT2D eigenvalue weighted by atomic mass is 10.1. The Morgan fingerprint density at radius 3 is 0.976 bits per heavy atom. The molecule has 0 radical (unpaired) electrons. The number of carbonyl (C=O) groups is 2. The Balaban J connectivity index is 0. The summed E-state index contributed by atoms with van der Waals surface area (Å²) in [6, 6.07) is 0. The first-order valence-corrected chi connectivity index (χ1v) is 16.9. The van der Waals surface area contributed by atoms with Gasteiger partial charge in [-0.2, -0.15) is 0 Å². The Morgan fingerprint density at radius 2 is 0.643 bits per heavy atom. The average Bonchev–Trinajstić information content (AvgIpc) is 2.97. The van der Waals surface area contributed by atoms with E-state index in [0.717, 1.165) is 70.6 Å². The summed E-state index contributed by atoms with van der Waals surface area (Å²) >= 11 is 0. The average molecular weight is 585 g/mol. The van der Waals surface area contributed by atoms with Crippen molar-refractivity contribution < 1.29 is 19.8 Å². The Bertz CT molecular complexity index is 755. The van der Waals surface area contributed by atoms with Crippen molar-refractivity contribution in [2.75, 3.05) is 0 Å². The monoisotopic (exact) mass is 584 g/mol. The van der Waals surface area contributed by atoms with E-state index in [1.165, 1.54) is 57.8 Å². The first-order chi connectivity index (χ1) is 20.5. The van der Waals surface area contributed by atoms with Crippen LogP contribution in [0.3, 0.4) is 0 Å². The second kappa shape index (κ2) is 38.4. The molecular weight excluding hydrogens is 520 g/mol. The van der Waals surface area contributed by atoms with Crippen LogP contribution in [0.15, 0.2) is 72.9 Å². The number of allylic oxidation sites excluding steroid dienone is 12. The Labute approximate surface area is 259 Å². The van der Waals surface area contributed by atoms with E-state index in [4.69, 9.17) is 10.2 Å². The van der Waals surface area contributed by atoms with Gasteiger partial charge in [0.2, 0.25) is 0 Å². The SMILES string of the molecule is CCCCC/C=C\C/C=C\C/C=C\CCCCC(=O)O.CCCCC/C=C\C/C=C\C/C=C\CCCCCCC(=O)O. The van der Waals surface area contributed by atoms with Crippen LogP contribution < -0.4 is 0 Å². The van der Waals surface area contributed by atoms with Gasteiger partial charge in [-0.05, 0) is 89.9 Å². The molecule has 0 aromatic heterocycles. The predicted molar refractivity (Wildman–Crippen MR) is 183 cm³/mol. The van der Waals surface area contributed by atoms with Crippen molar-refractivity contribution in [3.8, 4) is 0 Å². The summed E-state index contributed by atoms with van der Waals surface area (Å²) in [5.41, 5.74) is 0. The molecule has 4 nitrogen and oxygen atoms in total. The Kier molecular flexibility index (Phi) is 37.9. The molecule has 0 aromatic carbocycles. The van der Waals surface area contributed by atoms with Crippen LogP contribution in [0, 0.1) is 0 Å². The number of carboxylic acid groups (broad SMARTS) is 2. The van der Waals surface area contributed by atoms with Crippen LogP contribution in [0.1, 0.15) is 155 Å². The summed E-state index contributed by atoms with van der Waals surface area (Å²) in [6.07, 6.45) is 49.6. The van der Waals surface area contributed by atoms with Gasteiger partial charge >= 0.3 is 11.9 Å². The minimum atomic E-state index is -0.695. The molecule has 0 aliphatic carbocycles. The zero-order chi connectivity index (χ0) is 31.2. The molecule has 0 heterocycles. The first kappa shape index (κ1) is 41.5. The minimum Gasteiger partial charge on any atom is -0.481 e. The third-order valence-corrected chi connectivity index (χ3v) is 6.56. The molecule has 0 aromatic rings. The lowest BCUT2D eigenvalue weighted by molar-refractivity contribution is -0.138. The summed E-state index contributed by atoms with van der Waals surface area (Å²) in [4.78, 5) is 20.6. The van der Waals surface area contributed by atoms with Crippen molar-refractivity contribution in [2.24, 2.45) is 0 Å². The molecule has 0 atom stereocenters. The smallest absolute Gasteiger partial charge is 0.303 e. The number of hydrogen-bond donors (Lipinski definition) is 2. The van der Waals surface area contributed by atoms with E-state index < -0.39 is 11.9 Å². The van der Waals surface area contributed by atoms with E-state index in [1.807, 2.05) is 0 Å². The van der Waals surface area contributed by atoms with Gasteiger partial charge in [-0.15, -0.1) is 0 Å². The number of carboxylic acids is 2. The molecule has 0 saturated carbocycles. The summed E-state index contributed by atoms with van der Waals surface area (Å²) in [5, 5.41) is 17.0. The molecule has 0 aliphatic heterocycles. The largest absolute Gasteiger partial charge is 0.481 e. The molecule has 0 saturated heterocycles. The van der Waals surface area contributed by atoms with E-state index in [0.29, 0.717) is 12.8 Å². The van der Waals surface area contributed by atoms with Gasteiger partial charge in [0, 0.05) is 12.8 Å². The highest BCUT2D eigenvalue weighted by Crippen LogP contribution is 2.07. The maximum atomic E-state index is 10.3. The van der Waals surface area contributed by atoms with Crippen molar-refractivity contribution in [3.63, 3.8) is 0 Å². The second-order valence-electron chi connectivity index (χ2n) is 10.7. The summed E-state index contributed by atoms with van der Waals surface area (Å²) < 4.78 is 0.